The van der Waals surface area contributed by atoms with Crippen LogP contribution in [0.15, 0.2) is 30.3 Å². The lowest BCUT2D eigenvalue weighted by Crippen LogP contribution is -2.43. The quantitative estimate of drug-likeness (QED) is 0.542. The number of nitrogens with one attached hydrogen (secondary N) is 1. The summed E-state index contributed by atoms with van der Waals surface area (Å²) < 4.78 is 4.72. The molecule has 1 amide bonds. The molecule has 2 N–H and O–H groups in total. The highest BCUT2D eigenvalue weighted by Gasteiger charge is 2.25. The number of ether oxygens (including phenoxy) is 1. The molecule has 0 unspecified atom stereocenters. The standard InChI is InChI=1S/C17H25NO4/c1-3-4-5-9-12-14(17(21)22-2)18-16(20)15(19)13-10-7-6-8-11-13/h6-8,10-11,14-15,19H,3-5,9,12H2,1-2H3,(H,18,20)/t14-,15+/m1/s1. The van der Waals surface area contributed by atoms with Crippen molar-refractivity contribution in [2.45, 2.75) is 51.2 Å². The van der Waals surface area contributed by atoms with E-state index in [1.807, 2.05) is 0 Å². The van der Waals surface area contributed by atoms with Crippen molar-refractivity contribution < 1.29 is 19.4 Å². The van der Waals surface area contributed by atoms with Gasteiger partial charge in [0.05, 0.1) is 7.11 Å². The number of hydrogen-bond acceptors (Lipinski definition) is 4. The van der Waals surface area contributed by atoms with E-state index in [2.05, 4.69) is 12.2 Å². The molecular weight excluding hydrogens is 282 g/mol. The molecule has 122 valence electrons. The lowest BCUT2D eigenvalue weighted by Gasteiger charge is -2.19. The Hall–Kier alpha value is -1.88. The molecule has 1 rings (SSSR count). The number of unbranched alkanes of at least 4 members (excludes halogenated alkanes) is 3. The topological polar surface area (TPSA) is 75.6 Å². The molecular formula is C17H25NO4. The zero-order chi connectivity index (χ0) is 16.4. The number of benzene rings is 1. The molecule has 0 bridgehead atoms. The summed E-state index contributed by atoms with van der Waals surface area (Å²) in [5.41, 5.74) is 0.495. The minimum absolute atomic E-state index is 0.481. The average molecular weight is 307 g/mol. The van der Waals surface area contributed by atoms with Crippen molar-refractivity contribution in [3.05, 3.63) is 35.9 Å². The van der Waals surface area contributed by atoms with E-state index in [9.17, 15) is 14.7 Å². The first-order valence-electron chi connectivity index (χ1n) is 7.71. The zero-order valence-electron chi connectivity index (χ0n) is 13.2. The van der Waals surface area contributed by atoms with Gasteiger partial charge in [0, 0.05) is 0 Å². The van der Waals surface area contributed by atoms with Crippen molar-refractivity contribution in [1.82, 2.24) is 5.32 Å². The number of aliphatic hydroxyl groups excluding tert-OH is 1. The van der Waals surface area contributed by atoms with Crippen LogP contribution in [0.1, 0.15) is 50.7 Å². The highest BCUT2D eigenvalue weighted by atomic mass is 16.5. The SMILES string of the molecule is CCCCCC[C@@H](NC(=O)[C@@H](O)c1ccccc1)C(=O)OC. The molecule has 0 fully saturated rings. The lowest BCUT2D eigenvalue weighted by atomic mass is 10.1. The molecule has 1 aromatic rings. The van der Waals surface area contributed by atoms with Crippen LogP contribution in [-0.2, 0) is 14.3 Å². The second kappa shape index (κ2) is 9.95. The van der Waals surface area contributed by atoms with Crippen LogP contribution in [0.5, 0.6) is 0 Å². The third-order valence-corrected chi connectivity index (χ3v) is 3.51. The second-order valence-electron chi connectivity index (χ2n) is 5.25. The Morgan fingerprint density at radius 3 is 2.45 bits per heavy atom. The summed E-state index contributed by atoms with van der Waals surface area (Å²) in [6, 6.07) is 7.91. The Morgan fingerprint density at radius 2 is 1.86 bits per heavy atom. The van der Waals surface area contributed by atoms with Gasteiger partial charge in [-0.1, -0.05) is 62.9 Å². The van der Waals surface area contributed by atoms with E-state index >= 15 is 0 Å². The lowest BCUT2D eigenvalue weighted by molar-refractivity contribution is -0.146. The fourth-order valence-electron chi connectivity index (χ4n) is 2.20. The molecule has 0 saturated carbocycles. The summed E-state index contributed by atoms with van der Waals surface area (Å²) >= 11 is 0. The Morgan fingerprint density at radius 1 is 1.18 bits per heavy atom. The van der Waals surface area contributed by atoms with Gasteiger partial charge in [-0.2, -0.15) is 0 Å². The van der Waals surface area contributed by atoms with E-state index in [0.717, 1.165) is 25.7 Å². The molecule has 0 saturated heterocycles. The van der Waals surface area contributed by atoms with E-state index in [-0.39, 0.29) is 0 Å². The first kappa shape index (κ1) is 18.2. The molecule has 5 nitrogen and oxygen atoms in total. The van der Waals surface area contributed by atoms with Crippen molar-refractivity contribution in [1.29, 1.82) is 0 Å². The third-order valence-electron chi connectivity index (χ3n) is 3.51. The van der Waals surface area contributed by atoms with Crippen LogP contribution in [0.2, 0.25) is 0 Å². The molecule has 0 aliphatic heterocycles. The van der Waals surface area contributed by atoms with Gasteiger partial charge in [-0.3, -0.25) is 4.79 Å². The Labute approximate surface area is 131 Å². The van der Waals surface area contributed by atoms with Gasteiger partial charge < -0.3 is 15.2 Å². The van der Waals surface area contributed by atoms with Gasteiger partial charge in [0.25, 0.3) is 5.91 Å². The van der Waals surface area contributed by atoms with Crippen LogP contribution in [-0.4, -0.2) is 30.1 Å². The number of carbonyl (C=O) groups excluding carboxylic acids is 2. The van der Waals surface area contributed by atoms with Crippen LogP contribution in [0.25, 0.3) is 0 Å². The molecule has 0 heterocycles. The van der Waals surface area contributed by atoms with Gasteiger partial charge in [-0.05, 0) is 12.0 Å². The minimum atomic E-state index is -1.29. The fraction of sp³-hybridized carbons (Fsp3) is 0.529. The summed E-state index contributed by atoms with van der Waals surface area (Å²) in [6.45, 7) is 2.11. The number of amides is 1. The molecule has 0 aliphatic rings. The van der Waals surface area contributed by atoms with Crippen LogP contribution in [0, 0.1) is 0 Å². The minimum Gasteiger partial charge on any atom is -0.467 e. The van der Waals surface area contributed by atoms with E-state index in [4.69, 9.17) is 4.74 Å². The molecule has 0 aliphatic carbocycles. The monoisotopic (exact) mass is 307 g/mol. The molecule has 22 heavy (non-hydrogen) atoms. The number of aliphatic hydroxyl groups is 1. The van der Waals surface area contributed by atoms with Crippen molar-refractivity contribution in [2.75, 3.05) is 7.11 Å². The molecule has 0 aromatic heterocycles. The summed E-state index contributed by atoms with van der Waals surface area (Å²) in [6.07, 6.45) is 3.25. The Bertz CT molecular complexity index is 461. The maximum absolute atomic E-state index is 12.1. The van der Waals surface area contributed by atoms with E-state index in [1.165, 1.54) is 7.11 Å². The highest BCUT2D eigenvalue weighted by Crippen LogP contribution is 2.13. The average Bonchev–Trinajstić information content (AvgIpc) is 2.56. The molecule has 0 spiro atoms. The third kappa shape index (κ3) is 5.85. The van der Waals surface area contributed by atoms with Crippen molar-refractivity contribution in [2.24, 2.45) is 0 Å². The van der Waals surface area contributed by atoms with Crippen molar-refractivity contribution >= 4 is 11.9 Å². The van der Waals surface area contributed by atoms with Crippen LogP contribution < -0.4 is 5.32 Å². The normalized spacial score (nSPS) is 13.2. The number of rotatable bonds is 9. The van der Waals surface area contributed by atoms with Gasteiger partial charge in [0.15, 0.2) is 6.10 Å². The van der Waals surface area contributed by atoms with E-state index in [1.54, 1.807) is 30.3 Å². The summed E-state index contributed by atoms with van der Waals surface area (Å²) in [5.74, 6) is -1.07. The Balaban J connectivity index is 2.60. The summed E-state index contributed by atoms with van der Waals surface area (Å²) in [5, 5.41) is 12.6. The first-order valence-corrected chi connectivity index (χ1v) is 7.71. The van der Waals surface area contributed by atoms with Crippen LogP contribution in [0.3, 0.4) is 0 Å². The summed E-state index contributed by atoms with van der Waals surface area (Å²) in [7, 11) is 1.29. The van der Waals surface area contributed by atoms with Crippen LogP contribution in [0.4, 0.5) is 0 Å². The fourth-order valence-corrected chi connectivity index (χ4v) is 2.20. The van der Waals surface area contributed by atoms with E-state index in [0.29, 0.717) is 12.0 Å². The van der Waals surface area contributed by atoms with Crippen LogP contribution >= 0.6 is 0 Å². The molecule has 0 radical (unpaired) electrons. The van der Waals surface area contributed by atoms with Gasteiger partial charge in [0.2, 0.25) is 0 Å². The van der Waals surface area contributed by atoms with Gasteiger partial charge >= 0.3 is 5.97 Å². The zero-order valence-corrected chi connectivity index (χ0v) is 13.2. The Kier molecular flexibility index (Phi) is 8.22. The van der Waals surface area contributed by atoms with Crippen molar-refractivity contribution in [3.63, 3.8) is 0 Å². The second-order valence-corrected chi connectivity index (χ2v) is 5.25. The maximum atomic E-state index is 12.1. The largest absolute Gasteiger partial charge is 0.467 e. The highest BCUT2D eigenvalue weighted by molar-refractivity contribution is 5.87. The van der Waals surface area contributed by atoms with E-state index < -0.39 is 24.0 Å². The maximum Gasteiger partial charge on any atom is 0.328 e. The van der Waals surface area contributed by atoms with Gasteiger partial charge in [-0.25, -0.2) is 4.79 Å². The number of esters is 1. The first-order chi connectivity index (χ1) is 10.6. The van der Waals surface area contributed by atoms with Gasteiger partial charge in [0.1, 0.15) is 6.04 Å². The number of carbonyl (C=O) groups is 2. The van der Waals surface area contributed by atoms with Gasteiger partial charge in [-0.15, -0.1) is 0 Å². The number of hydrogen-bond donors (Lipinski definition) is 2. The van der Waals surface area contributed by atoms with Crippen molar-refractivity contribution in [3.8, 4) is 0 Å². The summed E-state index contributed by atoms with van der Waals surface area (Å²) in [4.78, 5) is 23.8. The number of methoxy groups -OCH3 is 1. The molecule has 1 aromatic carbocycles. The molecule has 2 atom stereocenters. The predicted molar refractivity (Wildman–Crippen MR) is 84.1 cm³/mol. The predicted octanol–water partition coefficient (Wildman–Crippen LogP) is 2.35. The molecule has 5 heteroatoms. The smallest absolute Gasteiger partial charge is 0.328 e.